The van der Waals surface area contributed by atoms with E-state index in [1.165, 1.54) is 47.8 Å². The van der Waals surface area contributed by atoms with E-state index in [4.69, 9.17) is 4.74 Å². The van der Waals surface area contributed by atoms with Gasteiger partial charge < -0.3 is 15.2 Å². The largest absolute Gasteiger partial charge is 0.504 e. The molecule has 0 spiro atoms. The van der Waals surface area contributed by atoms with Crippen molar-refractivity contribution in [1.29, 1.82) is 5.26 Å². The molecule has 0 aliphatic carbocycles. The number of amides is 1. The van der Waals surface area contributed by atoms with E-state index in [2.05, 4.69) is 5.32 Å². The molecule has 0 radical (unpaired) electrons. The zero-order valence-corrected chi connectivity index (χ0v) is 17.9. The average Bonchev–Trinajstić information content (AvgIpc) is 2.79. The van der Waals surface area contributed by atoms with E-state index < -0.39 is 15.9 Å². The van der Waals surface area contributed by atoms with Crippen LogP contribution in [0, 0.1) is 11.3 Å². The SMILES string of the molecule is COc1cc(/C=C(/C#N)C(=O)Nc2cccc(S(=O)(=O)N3CCCCC3)c2)ccc1O. The van der Waals surface area contributed by atoms with Gasteiger partial charge in [0.2, 0.25) is 10.0 Å². The molecular formula is C22H23N3O5S. The molecule has 0 unspecified atom stereocenters. The van der Waals surface area contributed by atoms with Gasteiger partial charge in [0.05, 0.1) is 12.0 Å². The average molecular weight is 442 g/mol. The maximum absolute atomic E-state index is 12.9. The molecule has 0 bridgehead atoms. The number of anilines is 1. The van der Waals surface area contributed by atoms with Crippen molar-refractivity contribution in [2.24, 2.45) is 0 Å². The summed E-state index contributed by atoms with van der Waals surface area (Å²) >= 11 is 0. The number of piperidine rings is 1. The van der Waals surface area contributed by atoms with Gasteiger partial charge in [-0.05, 0) is 54.8 Å². The van der Waals surface area contributed by atoms with Gasteiger partial charge in [-0.2, -0.15) is 9.57 Å². The third-order valence-electron chi connectivity index (χ3n) is 4.92. The van der Waals surface area contributed by atoms with Crippen LogP contribution in [0.4, 0.5) is 5.69 Å². The monoisotopic (exact) mass is 441 g/mol. The second kappa shape index (κ2) is 9.64. The second-order valence-electron chi connectivity index (χ2n) is 7.05. The molecule has 1 aliphatic heterocycles. The van der Waals surface area contributed by atoms with E-state index in [-0.39, 0.29) is 27.7 Å². The van der Waals surface area contributed by atoms with Gasteiger partial charge in [0.25, 0.3) is 5.91 Å². The molecule has 8 nitrogen and oxygen atoms in total. The van der Waals surface area contributed by atoms with Crippen molar-refractivity contribution in [3.05, 3.63) is 53.6 Å². The zero-order valence-electron chi connectivity index (χ0n) is 17.0. The number of benzene rings is 2. The lowest BCUT2D eigenvalue weighted by Gasteiger charge is -2.26. The Labute approximate surface area is 181 Å². The lowest BCUT2D eigenvalue weighted by Crippen LogP contribution is -2.35. The normalized spacial score (nSPS) is 15.2. The van der Waals surface area contributed by atoms with Crippen molar-refractivity contribution in [2.45, 2.75) is 24.2 Å². The Kier molecular flexibility index (Phi) is 6.95. The molecule has 0 aromatic heterocycles. The van der Waals surface area contributed by atoms with Crippen molar-refractivity contribution < 1.29 is 23.1 Å². The van der Waals surface area contributed by atoms with E-state index in [0.717, 1.165) is 19.3 Å². The lowest BCUT2D eigenvalue weighted by atomic mass is 10.1. The Bertz CT molecular complexity index is 1150. The first kappa shape index (κ1) is 22.3. The van der Waals surface area contributed by atoms with E-state index in [0.29, 0.717) is 18.7 Å². The summed E-state index contributed by atoms with van der Waals surface area (Å²) in [5.74, 6) is -0.529. The summed E-state index contributed by atoms with van der Waals surface area (Å²) in [7, 11) is -2.25. The topological polar surface area (TPSA) is 120 Å². The zero-order chi connectivity index (χ0) is 22.4. The van der Waals surface area contributed by atoms with E-state index in [1.807, 2.05) is 6.07 Å². The summed E-state index contributed by atoms with van der Waals surface area (Å²) in [5.41, 5.74) is 0.576. The molecule has 9 heteroatoms. The number of phenolic OH excluding ortho intramolecular Hbond substituents is 1. The number of sulfonamides is 1. The Morgan fingerprint density at radius 3 is 2.61 bits per heavy atom. The Balaban J connectivity index is 1.81. The smallest absolute Gasteiger partial charge is 0.266 e. The van der Waals surface area contributed by atoms with Crippen LogP contribution in [0.1, 0.15) is 24.8 Å². The molecule has 1 heterocycles. The predicted octanol–water partition coefficient (Wildman–Crippen LogP) is 3.12. The van der Waals surface area contributed by atoms with Crippen LogP contribution in [-0.2, 0) is 14.8 Å². The van der Waals surface area contributed by atoms with Gasteiger partial charge >= 0.3 is 0 Å². The van der Waals surface area contributed by atoms with Crippen LogP contribution in [0.3, 0.4) is 0 Å². The van der Waals surface area contributed by atoms with Gasteiger partial charge in [0, 0.05) is 18.8 Å². The van der Waals surface area contributed by atoms with E-state index in [1.54, 1.807) is 12.1 Å². The van der Waals surface area contributed by atoms with E-state index >= 15 is 0 Å². The molecule has 2 aromatic carbocycles. The number of nitriles is 1. The van der Waals surface area contributed by atoms with Gasteiger partial charge in [0.1, 0.15) is 11.6 Å². The standard InChI is InChI=1S/C22H23N3O5S/c1-30-21-13-16(8-9-20(21)26)12-17(15-23)22(27)24-18-6-5-7-19(14-18)31(28,29)25-10-3-2-4-11-25/h5-9,12-14,26H,2-4,10-11H2,1H3,(H,24,27)/b17-12-. The quantitative estimate of drug-likeness (QED) is 0.525. The van der Waals surface area contributed by atoms with Gasteiger partial charge in [-0.1, -0.05) is 18.6 Å². The van der Waals surface area contributed by atoms with Crippen molar-refractivity contribution in [3.8, 4) is 17.6 Å². The van der Waals surface area contributed by atoms with Gasteiger partial charge in [-0.3, -0.25) is 4.79 Å². The van der Waals surface area contributed by atoms with Crippen LogP contribution in [0.25, 0.3) is 6.08 Å². The highest BCUT2D eigenvalue weighted by atomic mass is 32.2. The summed E-state index contributed by atoms with van der Waals surface area (Å²) in [6, 6.07) is 12.3. The molecule has 162 valence electrons. The first-order chi connectivity index (χ1) is 14.8. The maximum atomic E-state index is 12.9. The number of phenols is 1. The third-order valence-corrected chi connectivity index (χ3v) is 6.82. The molecular weight excluding hydrogens is 418 g/mol. The van der Waals surface area contributed by atoms with Crippen LogP contribution in [0.5, 0.6) is 11.5 Å². The number of carbonyl (C=O) groups is 1. The highest BCUT2D eigenvalue weighted by molar-refractivity contribution is 7.89. The first-order valence-electron chi connectivity index (χ1n) is 9.75. The van der Waals surface area contributed by atoms with Crippen LogP contribution in [0.15, 0.2) is 52.9 Å². The fourth-order valence-electron chi connectivity index (χ4n) is 3.29. The number of methoxy groups -OCH3 is 1. The van der Waals surface area contributed by atoms with Crippen molar-refractivity contribution in [3.63, 3.8) is 0 Å². The molecule has 3 rings (SSSR count). The minimum absolute atomic E-state index is 0.0608. The molecule has 1 aliphatic rings. The lowest BCUT2D eigenvalue weighted by molar-refractivity contribution is -0.112. The molecule has 1 amide bonds. The molecule has 1 saturated heterocycles. The third kappa shape index (κ3) is 5.23. The fourth-order valence-corrected chi connectivity index (χ4v) is 4.85. The summed E-state index contributed by atoms with van der Waals surface area (Å²) in [5, 5.41) is 21.7. The second-order valence-corrected chi connectivity index (χ2v) is 8.99. The molecule has 0 saturated carbocycles. The number of nitrogens with one attached hydrogen (secondary N) is 1. The van der Waals surface area contributed by atoms with Gasteiger partial charge in [-0.15, -0.1) is 0 Å². The van der Waals surface area contributed by atoms with Crippen LogP contribution in [-0.4, -0.2) is 43.9 Å². The number of rotatable bonds is 6. The van der Waals surface area contributed by atoms with Crippen LogP contribution < -0.4 is 10.1 Å². The van der Waals surface area contributed by atoms with Crippen LogP contribution >= 0.6 is 0 Å². The number of hydrogen-bond acceptors (Lipinski definition) is 6. The highest BCUT2D eigenvalue weighted by Crippen LogP contribution is 2.27. The Morgan fingerprint density at radius 1 is 1.19 bits per heavy atom. The Morgan fingerprint density at radius 2 is 1.94 bits per heavy atom. The number of aromatic hydroxyl groups is 1. The van der Waals surface area contributed by atoms with Crippen LogP contribution in [0.2, 0.25) is 0 Å². The molecule has 1 fully saturated rings. The van der Waals surface area contributed by atoms with Crippen molar-refractivity contribution in [2.75, 3.05) is 25.5 Å². The Hall–Kier alpha value is -3.35. The number of hydrogen-bond donors (Lipinski definition) is 2. The van der Waals surface area contributed by atoms with Gasteiger partial charge in [0.15, 0.2) is 11.5 Å². The number of nitrogens with zero attached hydrogens (tertiary/aromatic N) is 2. The predicted molar refractivity (Wildman–Crippen MR) is 116 cm³/mol. The van der Waals surface area contributed by atoms with Crippen molar-refractivity contribution >= 4 is 27.7 Å². The van der Waals surface area contributed by atoms with Crippen molar-refractivity contribution in [1.82, 2.24) is 4.31 Å². The summed E-state index contributed by atoms with van der Waals surface area (Å²) < 4.78 is 32.2. The summed E-state index contributed by atoms with van der Waals surface area (Å²) in [4.78, 5) is 12.7. The first-order valence-corrected chi connectivity index (χ1v) is 11.2. The number of carbonyl (C=O) groups excluding carboxylic acids is 1. The molecule has 2 N–H and O–H groups in total. The molecule has 31 heavy (non-hydrogen) atoms. The summed E-state index contributed by atoms with van der Waals surface area (Å²) in [6.45, 7) is 0.965. The van der Waals surface area contributed by atoms with E-state index in [9.17, 15) is 23.6 Å². The minimum Gasteiger partial charge on any atom is -0.504 e. The minimum atomic E-state index is -3.64. The molecule has 2 aromatic rings. The molecule has 0 atom stereocenters. The van der Waals surface area contributed by atoms with Gasteiger partial charge in [-0.25, -0.2) is 8.42 Å². The number of ether oxygens (including phenoxy) is 1. The highest BCUT2D eigenvalue weighted by Gasteiger charge is 2.26. The fraction of sp³-hybridized carbons (Fsp3) is 0.273. The summed E-state index contributed by atoms with van der Waals surface area (Å²) in [6.07, 6.45) is 4.02. The maximum Gasteiger partial charge on any atom is 0.266 e.